The van der Waals surface area contributed by atoms with Crippen molar-refractivity contribution in [2.24, 2.45) is 0 Å². The Morgan fingerprint density at radius 1 is 1.02 bits per heavy atom. The predicted molar refractivity (Wildman–Crippen MR) is 191 cm³/mol. The molecule has 47 heavy (non-hydrogen) atoms. The molecule has 0 saturated carbocycles. The van der Waals surface area contributed by atoms with Crippen molar-refractivity contribution in [3.63, 3.8) is 0 Å². The molecule has 1 fully saturated rings. The SMILES string of the molecule is COc1ccc(CN(C(=O)Cn2cc(B3OC(C)(C)C(C)(C)O3)c3c(OCCS(C)(C)C)ncnc32)c2ccccc2Cl)c(OC)c1. The van der Waals surface area contributed by atoms with E-state index in [1.165, 1.54) is 6.33 Å². The molecule has 0 N–H and O–H groups in total. The number of nitrogens with zero attached hydrogens (tertiary/aromatic N) is 4. The van der Waals surface area contributed by atoms with Crippen molar-refractivity contribution < 1.29 is 28.3 Å². The number of halogens is 1. The minimum absolute atomic E-state index is 0.0533. The van der Waals surface area contributed by atoms with Crippen LogP contribution in [0.3, 0.4) is 0 Å². The van der Waals surface area contributed by atoms with Crippen LogP contribution in [0.1, 0.15) is 33.3 Å². The minimum atomic E-state index is -0.789. The number of aromatic nitrogens is 3. The second-order valence-electron chi connectivity index (χ2n) is 13.4. The Bertz CT molecular complexity index is 1740. The van der Waals surface area contributed by atoms with Crippen LogP contribution in [0.25, 0.3) is 11.0 Å². The lowest BCUT2D eigenvalue weighted by molar-refractivity contribution is -0.119. The molecule has 0 atom stereocenters. The van der Waals surface area contributed by atoms with E-state index in [1.54, 1.807) is 35.8 Å². The minimum Gasteiger partial charge on any atom is -0.497 e. The zero-order valence-electron chi connectivity index (χ0n) is 28.6. The van der Waals surface area contributed by atoms with Crippen LogP contribution < -0.4 is 24.6 Å². The van der Waals surface area contributed by atoms with Crippen molar-refractivity contribution in [3.05, 3.63) is 65.6 Å². The van der Waals surface area contributed by atoms with Gasteiger partial charge < -0.3 is 33.0 Å². The summed E-state index contributed by atoms with van der Waals surface area (Å²) in [4.78, 5) is 25.2. The first-order valence-corrected chi connectivity index (χ1v) is 18.8. The van der Waals surface area contributed by atoms with E-state index in [0.29, 0.717) is 51.2 Å². The van der Waals surface area contributed by atoms with Gasteiger partial charge in [-0.1, -0.05) is 23.7 Å². The lowest BCUT2D eigenvalue weighted by Crippen LogP contribution is -2.41. The smallest absolute Gasteiger partial charge is 0.497 e. The third kappa shape index (κ3) is 7.51. The average molecular weight is 683 g/mol. The molecule has 4 aromatic rings. The van der Waals surface area contributed by atoms with Crippen molar-refractivity contribution in [2.75, 3.05) is 50.2 Å². The Kier molecular flexibility index (Phi) is 10.1. The van der Waals surface area contributed by atoms with Gasteiger partial charge in [-0.25, -0.2) is 20.0 Å². The van der Waals surface area contributed by atoms with Crippen LogP contribution in [0.2, 0.25) is 5.02 Å². The molecule has 0 unspecified atom stereocenters. The van der Waals surface area contributed by atoms with Crippen LogP contribution in [-0.2, 0) is 27.2 Å². The first-order chi connectivity index (χ1) is 22.1. The van der Waals surface area contributed by atoms with Gasteiger partial charge in [0.15, 0.2) is 0 Å². The molecule has 13 heteroatoms. The number of carbonyl (C=O) groups is 1. The number of amides is 1. The Morgan fingerprint density at radius 3 is 2.36 bits per heavy atom. The van der Waals surface area contributed by atoms with E-state index in [1.807, 2.05) is 64.2 Å². The van der Waals surface area contributed by atoms with Crippen LogP contribution in [0.5, 0.6) is 17.4 Å². The van der Waals surface area contributed by atoms with Crippen molar-refractivity contribution in [2.45, 2.75) is 52.0 Å². The van der Waals surface area contributed by atoms with E-state index >= 15 is 0 Å². The maximum absolute atomic E-state index is 14.4. The van der Waals surface area contributed by atoms with Gasteiger partial charge in [-0.3, -0.25) is 4.79 Å². The number of hydrogen-bond donors (Lipinski definition) is 0. The summed E-state index contributed by atoms with van der Waals surface area (Å²) in [7, 11) is 1.68. The Hall–Kier alpha value is -3.45. The fourth-order valence-electron chi connectivity index (χ4n) is 5.25. The fraction of sp³-hybridized carbons (Fsp3) is 0.441. The van der Waals surface area contributed by atoms with Crippen LogP contribution in [0, 0.1) is 0 Å². The highest BCUT2D eigenvalue weighted by molar-refractivity contribution is 8.32. The first kappa shape index (κ1) is 34.9. The molecule has 5 rings (SSSR count). The second kappa shape index (κ2) is 13.6. The maximum Gasteiger partial charge on any atom is 0.497 e. The molecule has 2 aromatic carbocycles. The van der Waals surface area contributed by atoms with Gasteiger partial charge in [0.05, 0.1) is 54.7 Å². The lowest BCUT2D eigenvalue weighted by Gasteiger charge is -2.32. The van der Waals surface area contributed by atoms with E-state index in [0.717, 1.165) is 11.3 Å². The fourth-order valence-corrected chi connectivity index (χ4v) is 6.08. The molecule has 0 radical (unpaired) electrons. The summed E-state index contributed by atoms with van der Waals surface area (Å²) in [5.74, 6) is 2.36. The van der Waals surface area contributed by atoms with Gasteiger partial charge >= 0.3 is 7.12 Å². The number of fused-ring (bicyclic) bond motifs is 1. The third-order valence-corrected chi connectivity index (χ3v) is 10.4. The third-order valence-electron chi connectivity index (χ3n) is 8.66. The van der Waals surface area contributed by atoms with Gasteiger partial charge in [-0.2, -0.15) is 0 Å². The molecule has 1 amide bonds. The summed E-state index contributed by atoms with van der Waals surface area (Å²) in [6, 6.07) is 12.8. The first-order valence-electron chi connectivity index (χ1n) is 15.4. The second-order valence-corrected chi connectivity index (χ2v) is 18.4. The average Bonchev–Trinajstić information content (AvgIpc) is 3.48. The zero-order chi connectivity index (χ0) is 34.1. The number of ether oxygens (including phenoxy) is 3. The number of methoxy groups -OCH3 is 2. The summed E-state index contributed by atoms with van der Waals surface area (Å²) in [5, 5.41) is 1.10. The largest absolute Gasteiger partial charge is 0.497 e. The molecule has 10 nitrogen and oxygen atoms in total. The molecule has 0 spiro atoms. The molecular formula is C34H44BClN4O6S. The van der Waals surface area contributed by atoms with Crippen LogP contribution >= 0.6 is 21.6 Å². The number of hydrogen-bond acceptors (Lipinski definition) is 8. The molecule has 1 aliphatic rings. The molecular weight excluding hydrogens is 639 g/mol. The molecule has 2 aromatic heterocycles. The van der Waals surface area contributed by atoms with E-state index in [9.17, 15) is 4.79 Å². The number of anilines is 1. The van der Waals surface area contributed by atoms with Gasteiger partial charge in [0.25, 0.3) is 0 Å². The zero-order valence-corrected chi connectivity index (χ0v) is 30.2. The molecule has 1 saturated heterocycles. The summed E-state index contributed by atoms with van der Waals surface area (Å²) in [5.41, 5.74) is 1.45. The molecule has 1 aliphatic heterocycles. The highest BCUT2D eigenvalue weighted by Gasteiger charge is 2.53. The summed E-state index contributed by atoms with van der Waals surface area (Å²) >= 11 is 6.67. The number of carbonyl (C=O) groups excluding carboxylic acids is 1. The standard InChI is InChI=1S/C34H44BClN4O6S/c1-33(2)34(3,4)46-35(45-33)25-20-39(31-30(25)32(38-22-37-31)44-16-17-47(7,8)9)21-29(41)40(27-13-11-10-12-26(27)36)19-23-14-15-24(42-5)18-28(23)43-6/h10-15,18,20,22H,16-17,19,21H2,1-9H3. The van der Waals surface area contributed by atoms with Crippen molar-refractivity contribution in [1.29, 1.82) is 0 Å². The van der Waals surface area contributed by atoms with Crippen LogP contribution in [0.4, 0.5) is 5.69 Å². The molecule has 0 aliphatic carbocycles. The van der Waals surface area contributed by atoms with Crippen LogP contribution in [0.15, 0.2) is 55.0 Å². The summed E-state index contributed by atoms with van der Waals surface area (Å²) in [6.07, 6.45) is 10.1. The number of rotatable bonds is 12. The molecule has 3 heterocycles. The van der Waals surface area contributed by atoms with E-state index < -0.39 is 28.3 Å². The topological polar surface area (TPSA) is 97.2 Å². The highest BCUT2D eigenvalue weighted by atomic mass is 35.5. The van der Waals surface area contributed by atoms with E-state index in [4.69, 9.17) is 35.1 Å². The Balaban J connectivity index is 1.56. The Morgan fingerprint density at radius 2 is 1.72 bits per heavy atom. The maximum atomic E-state index is 14.4. The van der Waals surface area contributed by atoms with E-state index in [2.05, 4.69) is 28.7 Å². The van der Waals surface area contributed by atoms with Gasteiger partial charge in [0.2, 0.25) is 11.8 Å². The summed E-state index contributed by atoms with van der Waals surface area (Å²) < 4.78 is 32.1. The molecule has 252 valence electrons. The highest BCUT2D eigenvalue weighted by Crippen LogP contribution is 2.38. The van der Waals surface area contributed by atoms with Gasteiger partial charge in [-0.15, -0.1) is 0 Å². The number of para-hydroxylation sites is 1. The quantitative estimate of drug-likeness (QED) is 0.176. The van der Waals surface area contributed by atoms with Crippen molar-refractivity contribution >= 4 is 56.8 Å². The predicted octanol–water partition coefficient (Wildman–Crippen LogP) is 5.71. The normalized spacial score (nSPS) is 15.9. The van der Waals surface area contributed by atoms with Gasteiger partial charge in [0, 0.05) is 29.0 Å². The molecule has 0 bridgehead atoms. The van der Waals surface area contributed by atoms with Gasteiger partial charge in [0.1, 0.15) is 30.0 Å². The summed E-state index contributed by atoms with van der Waals surface area (Å²) in [6.45, 7) is 8.67. The lowest BCUT2D eigenvalue weighted by atomic mass is 9.79. The monoisotopic (exact) mass is 682 g/mol. The van der Waals surface area contributed by atoms with Gasteiger partial charge in [-0.05, 0) is 70.7 Å². The van der Waals surface area contributed by atoms with Crippen molar-refractivity contribution in [3.8, 4) is 17.4 Å². The van der Waals surface area contributed by atoms with Crippen molar-refractivity contribution in [1.82, 2.24) is 14.5 Å². The van der Waals surface area contributed by atoms with E-state index in [-0.39, 0.29) is 19.0 Å². The van der Waals surface area contributed by atoms with Crippen LogP contribution in [-0.4, -0.2) is 84.1 Å². The Labute approximate surface area is 284 Å². The number of benzene rings is 2.